The number of aromatic amines is 1. The highest BCUT2D eigenvalue weighted by Crippen LogP contribution is 2.38. The molecular weight excluding hydrogens is 530 g/mol. The second-order valence-corrected chi connectivity index (χ2v) is 10.9. The average molecular weight is 546 g/mol. The molecule has 3 aromatic carbocycles. The Balaban J connectivity index is 1.13. The van der Waals surface area contributed by atoms with Gasteiger partial charge in [-0.25, -0.2) is 14.9 Å². The van der Waals surface area contributed by atoms with E-state index >= 15 is 0 Å². The average Bonchev–Trinajstić information content (AvgIpc) is 3.72. The van der Waals surface area contributed by atoms with Crippen LogP contribution in [-0.2, 0) is 0 Å². The lowest BCUT2D eigenvalue weighted by Crippen LogP contribution is -2.29. The molecule has 0 radical (unpaired) electrons. The molecule has 0 unspecified atom stereocenters. The number of imidazole rings is 1. The summed E-state index contributed by atoms with van der Waals surface area (Å²) in [5.74, 6) is 0.335. The van der Waals surface area contributed by atoms with E-state index in [0.717, 1.165) is 25.6 Å². The first-order chi connectivity index (χ1) is 19.1. The second-order valence-electron chi connectivity index (χ2n) is 8.65. The number of allylic oxidation sites excluding steroid dienone is 1. The first-order valence-electron chi connectivity index (χ1n) is 11.8. The molecule has 6 aromatic rings. The molecule has 0 fully saturated rings. The number of anilines is 1. The summed E-state index contributed by atoms with van der Waals surface area (Å²) in [6.45, 7) is 0. The molecule has 1 N–H and O–H groups in total. The van der Waals surface area contributed by atoms with Crippen LogP contribution >= 0.6 is 23.1 Å². The van der Waals surface area contributed by atoms with Crippen molar-refractivity contribution in [2.75, 3.05) is 4.90 Å². The zero-order chi connectivity index (χ0) is 26.5. The molecule has 0 saturated carbocycles. The van der Waals surface area contributed by atoms with Crippen molar-refractivity contribution in [2.45, 2.75) is 9.43 Å². The first-order valence-corrected chi connectivity index (χ1v) is 13.4. The van der Waals surface area contributed by atoms with Crippen molar-refractivity contribution in [3.8, 4) is 6.07 Å². The summed E-state index contributed by atoms with van der Waals surface area (Å²) in [5, 5.41) is 10.3. The van der Waals surface area contributed by atoms with E-state index in [4.69, 9.17) is 4.42 Å². The molecule has 3 aromatic heterocycles. The van der Waals surface area contributed by atoms with Crippen molar-refractivity contribution in [1.82, 2.24) is 15.0 Å². The molecule has 186 valence electrons. The molecule has 1 aliphatic heterocycles. The molecule has 1 aliphatic rings. The molecule has 0 atom stereocenters. The number of H-pyrrole nitrogens is 1. The van der Waals surface area contributed by atoms with Gasteiger partial charge < -0.3 is 9.40 Å². The number of thiazole rings is 1. The van der Waals surface area contributed by atoms with Gasteiger partial charge in [0.2, 0.25) is 0 Å². The standard InChI is InChI=1S/C29H15N5O3S2/c30-15-16(26-31-21-7-3-4-8-22(21)32-26)13-18-10-12-25(37-18)39-29-33-23-11-9-17(14-24(23)38-29)34-27(35)19-5-1-2-6-20(19)28(34)36/h1-14H,(H,31,32)/b16-13+. The van der Waals surface area contributed by atoms with Gasteiger partial charge in [0.05, 0.1) is 43.6 Å². The Kier molecular flexibility index (Phi) is 5.40. The van der Waals surface area contributed by atoms with Crippen LogP contribution in [0.1, 0.15) is 32.3 Å². The maximum atomic E-state index is 12.9. The molecule has 2 amide bonds. The Labute approximate surface area is 229 Å². The van der Waals surface area contributed by atoms with Crippen LogP contribution in [0.2, 0.25) is 0 Å². The van der Waals surface area contributed by atoms with Gasteiger partial charge in [0.1, 0.15) is 17.7 Å². The van der Waals surface area contributed by atoms with E-state index in [0.29, 0.717) is 39.1 Å². The number of para-hydroxylation sites is 2. The molecule has 0 saturated heterocycles. The van der Waals surface area contributed by atoms with Crippen molar-refractivity contribution in [3.63, 3.8) is 0 Å². The number of nitrogens with zero attached hydrogens (tertiary/aromatic N) is 4. The van der Waals surface area contributed by atoms with Crippen molar-refractivity contribution < 1.29 is 14.0 Å². The van der Waals surface area contributed by atoms with Crippen LogP contribution in [-0.4, -0.2) is 26.8 Å². The van der Waals surface area contributed by atoms with Crippen LogP contribution in [0.15, 0.2) is 92.7 Å². The Bertz CT molecular complexity index is 1960. The van der Waals surface area contributed by atoms with Crippen LogP contribution in [0.25, 0.3) is 32.9 Å². The van der Waals surface area contributed by atoms with Gasteiger partial charge in [0, 0.05) is 6.08 Å². The summed E-state index contributed by atoms with van der Waals surface area (Å²) in [4.78, 5) is 39.3. The highest BCUT2D eigenvalue weighted by atomic mass is 32.2. The number of carbonyl (C=O) groups excluding carboxylic acids is 2. The Morgan fingerprint density at radius 1 is 0.949 bits per heavy atom. The summed E-state index contributed by atoms with van der Waals surface area (Å²) in [6.07, 6.45) is 1.65. The van der Waals surface area contributed by atoms with Crippen molar-refractivity contribution >= 4 is 73.5 Å². The Morgan fingerprint density at radius 3 is 2.49 bits per heavy atom. The van der Waals surface area contributed by atoms with E-state index in [-0.39, 0.29) is 11.8 Å². The summed E-state index contributed by atoms with van der Waals surface area (Å²) in [5.41, 5.74) is 4.08. The van der Waals surface area contributed by atoms with E-state index in [2.05, 4.69) is 21.0 Å². The third-order valence-corrected chi connectivity index (χ3v) is 8.25. The highest BCUT2D eigenvalue weighted by molar-refractivity contribution is 8.01. The number of fused-ring (bicyclic) bond motifs is 3. The van der Waals surface area contributed by atoms with Gasteiger partial charge in [-0.3, -0.25) is 9.59 Å². The number of amides is 2. The molecule has 10 heteroatoms. The monoisotopic (exact) mass is 545 g/mol. The molecule has 0 aliphatic carbocycles. The molecule has 0 spiro atoms. The smallest absolute Gasteiger partial charge is 0.266 e. The maximum absolute atomic E-state index is 12.9. The number of hydrogen-bond acceptors (Lipinski definition) is 8. The number of aromatic nitrogens is 3. The molecule has 8 nitrogen and oxygen atoms in total. The third-order valence-electron chi connectivity index (χ3n) is 6.25. The van der Waals surface area contributed by atoms with Crippen molar-refractivity contribution in [1.29, 1.82) is 5.26 Å². The number of nitriles is 1. The number of hydrogen-bond donors (Lipinski definition) is 1. The molecule has 7 rings (SSSR count). The summed E-state index contributed by atoms with van der Waals surface area (Å²) < 4.78 is 7.53. The molecular formula is C29H15N5O3S2. The highest BCUT2D eigenvalue weighted by Gasteiger charge is 2.36. The number of rotatable bonds is 5. The second kappa shape index (κ2) is 9.09. The minimum Gasteiger partial charge on any atom is -0.450 e. The number of carbonyl (C=O) groups is 2. The molecule has 0 bridgehead atoms. The fourth-order valence-electron chi connectivity index (χ4n) is 4.43. The van der Waals surface area contributed by atoms with Crippen LogP contribution in [0.4, 0.5) is 5.69 Å². The van der Waals surface area contributed by atoms with E-state index in [1.54, 1.807) is 48.5 Å². The van der Waals surface area contributed by atoms with E-state index in [1.807, 2.05) is 36.4 Å². The number of furan rings is 1. The lowest BCUT2D eigenvalue weighted by atomic mass is 10.1. The largest absolute Gasteiger partial charge is 0.450 e. The predicted octanol–water partition coefficient (Wildman–Crippen LogP) is 6.78. The van der Waals surface area contributed by atoms with Crippen LogP contribution in [0, 0.1) is 11.3 Å². The summed E-state index contributed by atoms with van der Waals surface area (Å²) in [7, 11) is 0. The topological polar surface area (TPSA) is 116 Å². The summed E-state index contributed by atoms with van der Waals surface area (Å²) in [6, 6.07) is 25.6. The minimum atomic E-state index is -0.329. The zero-order valence-corrected chi connectivity index (χ0v) is 21.5. The van der Waals surface area contributed by atoms with Crippen molar-refractivity contribution in [3.05, 3.63) is 102 Å². The van der Waals surface area contributed by atoms with Gasteiger partial charge in [-0.05, 0) is 66.4 Å². The zero-order valence-electron chi connectivity index (χ0n) is 19.9. The normalized spacial score (nSPS) is 13.4. The van der Waals surface area contributed by atoms with Gasteiger partial charge in [0.15, 0.2) is 9.43 Å². The SMILES string of the molecule is N#C/C(=C\c1ccc(Sc2nc3ccc(N4C(=O)c5ccccc5C4=O)cc3s2)o1)c1nc2ccccc2[nH]1. The fraction of sp³-hybridized carbons (Fsp3) is 0. The lowest BCUT2D eigenvalue weighted by molar-refractivity contribution is 0.0926. The van der Waals surface area contributed by atoms with Gasteiger partial charge in [0.25, 0.3) is 11.8 Å². The fourth-order valence-corrected chi connectivity index (χ4v) is 6.43. The molecule has 39 heavy (non-hydrogen) atoms. The van der Waals surface area contributed by atoms with E-state index in [9.17, 15) is 14.9 Å². The van der Waals surface area contributed by atoms with Gasteiger partial charge in [-0.1, -0.05) is 24.3 Å². The van der Waals surface area contributed by atoms with Gasteiger partial charge in [-0.15, -0.1) is 11.3 Å². The Hall–Kier alpha value is -4.98. The van der Waals surface area contributed by atoms with Crippen LogP contribution < -0.4 is 4.90 Å². The van der Waals surface area contributed by atoms with Gasteiger partial charge >= 0.3 is 0 Å². The first kappa shape index (κ1) is 23.2. The number of benzene rings is 3. The third kappa shape index (κ3) is 4.01. The van der Waals surface area contributed by atoms with E-state index in [1.165, 1.54) is 28.0 Å². The van der Waals surface area contributed by atoms with Gasteiger partial charge in [-0.2, -0.15) is 5.26 Å². The van der Waals surface area contributed by atoms with Crippen molar-refractivity contribution in [2.24, 2.45) is 0 Å². The van der Waals surface area contributed by atoms with Crippen LogP contribution in [0.3, 0.4) is 0 Å². The molecule has 4 heterocycles. The Morgan fingerprint density at radius 2 is 1.72 bits per heavy atom. The van der Waals surface area contributed by atoms with Crippen LogP contribution in [0.5, 0.6) is 0 Å². The number of imide groups is 1. The quantitative estimate of drug-likeness (QED) is 0.187. The summed E-state index contributed by atoms with van der Waals surface area (Å²) >= 11 is 2.79. The maximum Gasteiger partial charge on any atom is 0.266 e. The predicted molar refractivity (Wildman–Crippen MR) is 150 cm³/mol. The number of nitrogens with one attached hydrogen (secondary N) is 1. The minimum absolute atomic E-state index is 0.329. The lowest BCUT2D eigenvalue weighted by Gasteiger charge is -2.13. The van der Waals surface area contributed by atoms with E-state index < -0.39 is 0 Å².